The summed E-state index contributed by atoms with van der Waals surface area (Å²) >= 11 is 0. The van der Waals surface area contributed by atoms with E-state index in [4.69, 9.17) is 20.8 Å². The summed E-state index contributed by atoms with van der Waals surface area (Å²) in [6.07, 6.45) is 2.49. The normalized spacial score (nSPS) is 43.7. The molecule has 4 atom stereocenters. The van der Waals surface area contributed by atoms with E-state index >= 15 is 0 Å². The van der Waals surface area contributed by atoms with E-state index in [1.54, 1.807) is 0 Å². The Kier molecular flexibility index (Phi) is 2.71. The SMILES string of the molecule is [C-]#[N+][C@]12C[C@H](OC1=O)[C@H](O)C[C@@H]1CC3(CC=C12)OCCO3. The van der Waals surface area contributed by atoms with E-state index in [1.807, 2.05) is 6.08 Å². The molecule has 1 saturated carbocycles. The average molecular weight is 291 g/mol. The summed E-state index contributed by atoms with van der Waals surface area (Å²) in [5.41, 5.74) is -0.446. The number of aliphatic hydroxyl groups is 1. The zero-order valence-electron chi connectivity index (χ0n) is 11.6. The Morgan fingerprint density at radius 3 is 2.81 bits per heavy atom. The van der Waals surface area contributed by atoms with Crippen molar-refractivity contribution in [3.05, 3.63) is 23.1 Å². The van der Waals surface area contributed by atoms with E-state index in [2.05, 4.69) is 4.85 Å². The molecule has 21 heavy (non-hydrogen) atoms. The maximum absolute atomic E-state index is 12.2. The highest BCUT2D eigenvalue weighted by atomic mass is 16.7. The molecule has 2 heterocycles. The van der Waals surface area contributed by atoms with E-state index in [0.717, 1.165) is 5.57 Å². The molecule has 2 bridgehead atoms. The van der Waals surface area contributed by atoms with Crippen molar-refractivity contribution in [3.63, 3.8) is 0 Å². The van der Waals surface area contributed by atoms with Gasteiger partial charge in [-0.3, -0.25) is 4.85 Å². The predicted molar refractivity (Wildman–Crippen MR) is 69.9 cm³/mol. The second-order valence-corrected chi connectivity index (χ2v) is 6.30. The standard InChI is InChI=1S/C15H17NO5/c1-16-15-8-12(21-13(15)18)11(17)6-9-7-14(3-2-10(9)15)19-4-5-20-14/h2,9,11-12,17H,3-8H2/t9-,11-,12+,15+/m1/s1. The van der Waals surface area contributed by atoms with Crippen molar-refractivity contribution in [3.8, 4) is 0 Å². The Morgan fingerprint density at radius 2 is 2.10 bits per heavy atom. The Hall–Kier alpha value is -1.42. The van der Waals surface area contributed by atoms with Crippen molar-refractivity contribution >= 4 is 5.97 Å². The fourth-order valence-electron chi connectivity index (χ4n) is 4.15. The molecule has 4 aliphatic rings. The first kappa shape index (κ1) is 13.3. The van der Waals surface area contributed by atoms with Crippen molar-refractivity contribution in [1.29, 1.82) is 0 Å². The number of aliphatic hydroxyl groups excluding tert-OH is 1. The fraction of sp³-hybridized carbons (Fsp3) is 0.733. The van der Waals surface area contributed by atoms with Gasteiger partial charge in [-0.2, -0.15) is 0 Å². The molecule has 0 radical (unpaired) electrons. The number of rotatable bonds is 0. The van der Waals surface area contributed by atoms with Crippen LogP contribution in [0.2, 0.25) is 0 Å². The lowest BCUT2D eigenvalue weighted by Gasteiger charge is -2.37. The third-order valence-corrected chi connectivity index (χ3v) is 5.16. The van der Waals surface area contributed by atoms with Crippen LogP contribution in [0.5, 0.6) is 0 Å². The quantitative estimate of drug-likeness (QED) is 0.406. The van der Waals surface area contributed by atoms with Gasteiger partial charge in [0, 0.05) is 18.4 Å². The molecule has 0 unspecified atom stereocenters. The minimum absolute atomic E-state index is 0.0706. The minimum atomic E-state index is -1.24. The van der Waals surface area contributed by atoms with Gasteiger partial charge in [0.15, 0.2) is 5.79 Å². The van der Waals surface area contributed by atoms with Gasteiger partial charge in [-0.05, 0) is 12.3 Å². The van der Waals surface area contributed by atoms with Gasteiger partial charge in [0.05, 0.1) is 25.7 Å². The molecule has 2 aliphatic heterocycles. The first-order valence-electron chi connectivity index (χ1n) is 7.35. The average Bonchev–Trinajstić information content (AvgIpc) is 3.02. The molecule has 2 saturated heterocycles. The zero-order valence-corrected chi connectivity index (χ0v) is 11.6. The molecule has 112 valence electrons. The van der Waals surface area contributed by atoms with E-state index in [9.17, 15) is 9.90 Å². The number of nitrogens with zero attached hydrogens (tertiary/aromatic N) is 1. The van der Waals surface area contributed by atoms with Crippen LogP contribution in [0.4, 0.5) is 0 Å². The van der Waals surface area contributed by atoms with Crippen LogP contribution < -0.4 is 0 Å². The van der Waals surface area contributed by atoms with Crippen LogP contribution in [-0.4, -0.2) is 47.8 Å². The molecule has 4 rings (SSSR count). The molecule has 1 N–H and O–H groups in total. The number of ether oxygens (including phenoxy) is 3. The van der Waals surface area contributed by atoms with Crippen molar-refractivity contribution in [1.82, 2.24) is 0 Å². The number of hydrogen-bond donors (Lipinski definition) is 1. The van der Waals surface area contributed by atoms with Crippen molar-refractivity contribution in [2.24, 2.45) is 5.92 Å². The largest absolute Gasteiger partial charge is 0.453 e. The summed E-state index contributed by atoms with van der Waals surface area (Å²) in [5, 5.41) is 10.3. The monoisotopic (exact) mass is 291 g/mol. The van der Waals surface area contributed by atoms with E-state index in [-0.39, 0.29) is 12.3 Å². The first-order chi connectivity index (χ1) is 10.1. The van der Waals surface area contributed by atoms with Gasteiger partial charge in [0.25, 0.3) is 0 Å². The molecule has 0 aromatic carbocycles. The molecule has 3 fully saturated rings. The number of fused-ring (bicyclic) bond motifs is 4. The molecule has 1 spiro atoms. The van der Waals surface area contributed by atoms with Crippen LogP contribution >= 0.6 is 0 Å². The van der Waals surface area contributed by atoms with Gasteiger partial charge in [-0.25, -0.2) is 11.4 Å². The van der Waals surface area contributed by atoms with Gasteiger partial charge in [-0.1, -0.05) is 6.08 Å². The van der Waals surface area contributed by atoms with Crippen LogP contribution in [0.15, 0.2) is 11.6 Å². The van der Waals surface area contributed by atoms with Gasteiger partial charge in [0.2, 0.25) is 0 Å². The maximum Gasteiger partial charge on any atom is 0.398 e. The highest BCUT2D eigenvalue weighted by Crippen LogP contribution is 2.51. The molecule has 6 heteroatoms. The zero-order chi connectivity index (χ0) is 14.7. The lowest BCUT2D eigenvalue weighted by Crippen LogP contribution is -2.43. The van der Waals surface area contributed by atoms with Crippen LogP contribution in [-0.2, 0) is 19.0 Å². The minimum Gasteiger partial charge on any atom is -0.453 e. The first-order valence-corrected chi connectivity index (χ1v) is 7.35. The summed E-state index contributed by atoms with van der Waals surface area (Å²) in [6.45, 7) is 8.66. The summed E-state index contributed by atoms with van der Waals surface area (Å²) < 4.78 is 16.7. The summed E-state index contributed by atoms with van der Waals surface area (Å²) in [6, 6.07) is 0. The second kappa shape index (κ2) is 4.29. The maximum atomic E-state index is 12.2. The van der Waals surface area contributed by atoms with E-state index in [1.165, 1.54) is 0 Å². The van der Waals surface area contributed by atoms with Gasteiger partial charge < -0.3 is 19.3 Å². The van der Waals surface area contributed by atoms with Crippen molar-refractivity contribution in [2.75, 3.05) is 13.2 Å². The van der Waals surface area contributed by atoms with Crippen molar-refractivity contribution in [2.45, 2.75) is 49.2 Å². The van der Waals surface area contributed by atoms with Gasteiger partial charge in [0.1, 0.15) is 6.10 Å². The smallest absolute Gasteiger partial charge is 0.398 e. The van der Waals surface area contributed by atoms with Crippen LogP contribution in [0.25, 0.3) is 4.85 Å². The van der Waals surface area contributed by atoms with E-state index < -0.39 is 29.5 Å². The highest BCUT2D eigenvalue weighted by Gasteiger charge is 2.65. The summed E-state index contributed by atoms with van der Waals surface area (Å²) in [7, 11) is 0. The second-order valence-electron chi connectivity index (χ2n) is 6.30. The van der Waals surface area contributed by atoms with Crippen LogP contribution in [0.3, 0.4) is 0 Å². The molecule has 0 aromatic heterocycles. The van der Waals surface area contributed by atoms with Crippen LogP contribution in [0, 0.1) is 12.5 Å². The molecular weight excluding hydrogens is 274 g/mol. The number of hydrogen-bond acceptors (Lipinski definition) is 5. The van der Waals surface area contributed by atoms with Crippen LogP contribution in [0.1, 0.15) is 25.7 Å². The Labute approximate surface area is 122 Å². The fourth-order valence-corrected chi connectivity index (χ4v) is 4.15. The molecular formula is C15H17NO5. The number of carbonyl (C=O) groups is 1. The number of esters is 1. The third kappa shape index (κ3) is 1.71. The molecule has 0 aromatic rings. The predicted octanol–water partition coefficient (Wildman–Crippen LogP) is 0.804. The lowest BCUT2D eigenvalue weighted by atomic mass is 9.73. The molecule has 6 nitrogen and oxygen atoms in total. The third-order valence-electron chi connectivity index (χ3n) is 5.16. The number of carbonyl (C=O) groups excluding carboxylic acids is 1. The van der Waals surface area contributed by atoms with Gasteiger partial charge in [-0.15, -0.1) is 0 Å². The van der Waals surface area contributed by atoms with Crippen molar-refractivity contribution < 1.29 is 24.1 Å². The Morgan fingerprint density at radius 1 is 1.33 bits per heavy atom. The molecule has 2 aliphatic carbocycles. The lowest BCUT2D eigenvalue weighted by molar-refractivity contribution is -0.173. The van der Waals surface area contributed by atoms with Gasteiger partial charge >= 0.3 is 11.5 Å². The highest BCUT2D eigenvalue weighted by molar-refractivity contribution is 5.90. The van der Waals surface area contributed by atoms with E-state index in [0.29, 0.717) is 32.5 Å². The Bertz CT molecular complexity index is 559. The summed E-state index contributed by atoms with van der Waals surface area (Å²) in [5.74, 6) is -1.22. The topological polar surface area (TPSA) is 69.4 Å². The Balaban J connectivity index is 1.77. The molecule has 0 amide bonds. The summed E-state index contributed by atoms with van der Waals surface area (Å²) in [4.78, 5) is 15.9.